The van der Waals surface area contributed by atoms with Crippen molar-refractivity contribution in [1.29, 1.82) is 0 Å². The lowest BCUT2D eigenvalue weighted by atomic mass is 9.84. The molecule has 1 saturated heterocycles. The number of carbonyl (C=O) groups is 3. The smallest absolute Gasteiger partial charge is 0.336 e. The molecule has 4 aromatic carbocycles. The number of carbonyl (C=O) groups excluding carboxylic acids is 2. The lowest BCUT2D eigenvalue weighted by Gasteiger charge is -2.38. The van der Waals surface area contributed by atoms with Crippen molar-refractivity contribution in [2.24, 2.45) is 0 Å². The summed E-state index contributed by atoms with van der Waals surface area (Å²) in [4.78, 5) is 40.2. The minimum absolute atomic E-state index is 0.262. The number of rotatable bonds is 21. The number of aromatic carboxylic acids is 1. The number of anilines is 1. The SMILES string of the molecule is CCN(CC)c1ccc2c(-c3ccc(CC(=S)CCCCCCCc4c(C)c(C)c5c(c4C)CCC(C)(COc4ccc(/C=C6\SC(=O)NC6=O)cc4)O5)cc3C(=O)O)c3ccc(=[N+](CC)CC)cc-3oc2c1. The normalized spacial score (nSPS) is 15.9. The summed E-state index contributed by atoms with van der Waals surface area (Å²) in [5.41, 5.74) is 12.3. The first-order valence-corrected chi connectivity index (χ1v) is 27.4. The van der Waals surface area contributed by atoms with Gasteiger partial charge in [-0.05, 0) is 198 Å². The fourth-order valence-corrected chi connectivity index (χ4v) is 11.6. The van der Waals surface area contributed by atoms with Gasteiger partial charge in [0.05, 0.1) is 16.5 Å². The molecule has 382 valence electrons. The van der Waals surface area contributed by atoms with Crippen molar-refractivity contribution < 1.29 is 33.4 Å². The highest BCUT2D eigenvalue weighted by molar-refractivity contribution is 8.18. The number of thiocarbonyl (C=S) groups is 1. The second-order valence-electron chi connectivity index (χ2n) is 19.8. The Balaban J connectivity index is 0.852. The van der Waals surface area contributed by atoms with E-state index < -0.39 is 11.6 Å². The minimum atomic E-state index is -0.966. The largest absolute Gasteiger partial charge is 0.489 e. The number of hydrogen-bond acceptors (Lipinski definition) is 9. The minimum Gasteiger partial charge on any atom is -0.489 e. The summed E-state index contributed by atoms with van der Waals surface area (Å²) in [6.07, 6.45) is 11.4. The zero-order valence-corrected chi connectivity index (χ0v) is 45.4. The predicted octanol–water partition coefficient (Wildman–Crippen LogP) is 13.5. The lowest BCUT2D eigenvalue weighted by Crippen LogP contribution is -2.42. The standard InChI is InChI=1S/C61H69N3O7S2/c1-9-63(10-2)43-23-28-50-53(35-43)70-54-36-44(64(11-3)12-4)24-29-51(54)56(50)49-27-22-42(33-52(49)59(66)67)32-46(72)18-16-14-13-15-17-19-47-38(5)39(6)57-48(40(47)7)30-31-61(8,71-57)37-69-45-25-20-41(21-26-45)34-55-58(65)62-60(68)73-55/h20-29,33-36H,9-19,30-32,37H2,1-8H3,(H-,62,65,66,67,68)/p+1/b55-34-. The van der Waals surface area contributed by atoms with Crippen molar-refractivity contribution in [2.75, 3.05) is 37.7 Å². The number of nitrogens with one attached hydrogen (secondary N) is 1. The fraction of sp³-hybridized carbons (Fsp3) is 0.393. The number of hydrogen-bond donors (Lipinski definition) is 2. The third kappa shape index (κ3) is 11.9. The molecule has 2 N–H and O–H groups in total. The Labute approximate surface area is 440 Å². The molecule has 4 aliphatic rings. The van der Waals surface area contributed by atoms with Crippen molar-refractivity contribution in [2.45, 2.75) is 125 Å². The summed E-state index contributed by atoms with van der Waals surface area (Å²) in [7, 11) is 0. The Morgan fingerprint density at radius 1 is 0.877 bits per heavy atom. The molecule has 0 aromatic heterocycles. The Kier molecular flexibility index (Phi) is 16.9. The van der Waals surface area contributed by atoms with Gasteiger partial charge in [0.25, 0.3) is 11.1 Å². The third-order valence-corrected chi connectivity index (χ3v) is 16.1. The van der Waals surface area contributed by atoms with Crippen LogP contribution >= 0.6 is 24.0 Å². The van der Waals surface area contributed by atoms with E-state index in [0.717, 1.165) is 162 Å². The van der Waals surface area contributed by atoms with Crippen LogP contribution in [0.1, 0.15) is 129 Å². The van der Waals surface area contributed by atoms with Crippen LogP contribution in [0.4, 0.5) is 10.5 Å². The molecule has 4 aromatic rings. The number of thioether (sulfide) groups is 1. The van der Waals surface area contributed by atoms with Gasteiger partial charge < -0.3 is 23.9 Å². The van der Waals surface area contributed by atoms with Gasteiger partial charge in [-0.1, -0.05) is 55.7 Å². The first-order chi connectivity index (χ1) is 35.1. The molecular formula is C61H70N3O7S2+. The Morgan fingerprint density at radius 3 is 2.30 bits per heavy atom. The van der Waals surface area contributed by atoms with Gasteiger partial charge in [0, 0.05) is 53.8 Å². The van der Waals surface area contributed by atoms with Crippen LogP contribution < -0.4 is 29.6 Å². The monoisotopic (exact) mass is 1020 g/mol. The van der Waals surface area contributed by atoms with Crippen LogP contribution in [-0.2, 0) is 24.1 Å². The van der Waals surface area contributed by atoms with Gasteiger partial charge in [0.2, 0.25) is 5.36 Å². The number of amides is 2. The molecule has 0 spiro atoms. The molecule has 0 radical (unpaired) electrons. The van der Waals surface area contributed by atoms with Crippen LogP contribution in [0.3, 0.4) is 0 Å². The van der Waals surface area contributed by atoms with Gasteiger partial charge in [0.1, 0.15) is 48.1 Å². The third-order valence-electron chi connectivity index (χ3n) is 15.0. The molecule has 1 unspecified atom stereocenters. The van der Waals surface area contributed by atoms with Crippen LogP contribution in [0.25, 0.3) is 39.5 Å². The van der Waals surface area contributed by atoms with Crippen LogP contribution in [0, 0.1) is 20.8 Å². The van der Waals surface area contributed by atoms with Crippen molar-refractivity contribution >= 4 is 68.7 Å². The topological polar surface area (TPSA) is 121 Å². The summed E-state index contributed by atoms with van der Waals surface area (Å²) in [5.74, 6) is 1.10. The fourth-order valence-electron chi connectivity index (χ4n) is 10.6. The Bertz CT molecular complexity index is 3140. The molecule has 73 heavy (non-hydrogen) atoms. The van der Waals surface area contributed by atoms with Gasteiger partial charge in [-0.15, -0.1) is 0 Å². The highest BCUT2D eigenvalue weighted by Crippen LogP contribution is 2.44. The van der Waals surface area contributed by atoms with Gasteiger partial charge in [-0.25, -0.2) is 9.37 Å². The molecule has 0 saturated carbocycles. The average Bonchev–Trinajstić information content (AvgIpc) is 3.70. The maximum absolute atomic E-state index is 13.1. The highest BCUT2D eigenvalue weighted by atomic mass is 32.2. The lowest BCUT2D eigenvalue weighted by molar-refractivity contribution is -0.115. The first-order valence-electron chi connectivity index (χ1n) is 26.1. The van der Waals surface area contributed by atoms with Crippen molar-refractivity contribution in [3.05, 3.63) is 134 Å². The summed E-state index contributed by atoms with van der Waals surface area (Å²) in [5, 5.41) is 14.6. The molecule has 12 heteroatoms. The maximum atomic E-state index is 13.1. The maximum Gasteiger partial charge on any atom is 0.336 e. The molecule has 2 amide bonds. The van der Waals surface area contributed by atoms with Crippen molar-refractivity contribution in [3.8, 4) is 33.9 Å². The highest BCUT2D eigenvalue weighted by Gasteiger charge is 2.35. The van der Waals surface area contributed by atoms with Gasteiger partial charge in [0.15, 0.2) is 0 Å². The van der Waals surface area contributed by atoms with E-state index in [1.54, 1.807) is 6.08 Å². The van der Waals surface area contributed by atoms with E-state index in [2.05, 4.69) is 107 Å². The van der Waals surface area contributed by atoms with Gasteiger partial charge in [-0.3, -0.25) is 14.9 Å². The van der Waals surface area contributed by atoms with E-state index in [4.69, 9.17) is 26.1 Å². The molecule has 3 heterocycles. The quantitative estimate of drug-likeness (QED) is 0.0237. The van der Waals surface area contributed by atoms with E-state index in [-0.39, 0.29) is 16.7 Å². The summed E-state index contributed by atoms with van der Waals surface area (Å²) in [6, 6.07) is 25.9. The van der Waals surface area contributed by atoms with Gasteiger partial charge in [-0.2, -0.15) is 0 Å². The number of unbranched alkanes of at least 4 members (excludes halogenated alkanes) is 4. The number of nitrogens with zero attached hydrogens (tertiary/aromatic N) is 2. The number of carboxylic acids is 1. The summed E-state index contributed by atoms with van der Waals surface area (Å²) < 4.78 is 22.0. The Morgan fingerprint density at radius 2 is 1.60 bits per heavy atom. The van der Waals surface area contributed by atoms with E-state index in [1.165, 1.54) is 27.8 Å². The number of ether oxygens (including phenoxy) is 2. The number of benzene rings is 5. The van der Waals surface area contributed by atoms with Crippen molar-refractivity contribution in [3.63, 3.8) is 0 Å². The molecule has 0 bridgehead atoms. The van der Waals surface area contributed by atoms with Crippen LogP contribution in [-0.4, -0.2) is 65.5 Å². The van der Waals surface area contributed by atoms with Crippen LogP contribution in [0.15, 0.2) is 88.2 Å². The summed E-state index contributed by atoms with van der Waals surface area (Å²) >= 11 is 6.84. The average molecular weight is 1020 g/mol. The predicted molar refractivity (Wildman–Crippen MR) is 302 cm³/mol. The van der Waals surface area contributed by atoms with E-state index in [9.17, 15) is 19.5 Å². The second-order valence-corrected chi connectivity index (χ2v) is 21.4. The van der Waals surface area contributed by atoms with Crippen LogP contribution in [0.5, 0.6) is 11.5 Å². The number of fused-ring (bicyclic) bond motifs is 3. The zero-order chi connectivity index (χ0) is 52.0. The Hall–Kier alpha value is -6.24. The molecule has 10 nitrogen and oxygen atoms in total. The first kappa shape index (κ1) is 53.1. The molecule has 1 fully saturated rings. The molecular weight excluding hydrogens is 951 g/mol. The number of imide groups is 1. The second kappa shape index (κ2) is 23.3. The number of carboxylic acid groups (broad SMARTS) is 1. The van der Waals surface area contributed by atoms with Crippen molar-refractivity contribution in [1.82, 2.24) is 9.89 Å². The van der Waals surface area contributed by atoms with Gasteiger partial charge >= 0.3 is 5.97 Å². The van der Waals surface area contributed by atoms with E-state index in [0.29, 0.717) is 23.5 Å². The van der Waals surface area contributed by atoms with Crippen LogP contribution in [0.2, 0.25) is 0 Å². The van der Waals surface area contributed by atoms with E-state index >= 15 is 0 Å². The van der Waals surface area contributed by atoms with E-state index in [1.807, 2.05) is 42.5 Å². The molecule has 3 aliphatic heterocycles. The summed E-state index contributed by atoms with van der Waals surface area (Å²) in [6.45, 7) is 21.2. The molecule has 1 aliphatic carbocycles. The zero-order valence-electron chi connectivity index (χ0n) is 43.8. The molecule has 1 atom stereocenters. The molecule has 8 rings (SSSR count).